The number of nitrogens with one attached hydrogen (secondary N) is 2. The van der Waals surface area contributed by atoms with Crippen molar-refractivity contribution in [2.75, 3.05) is 13.7 Å². The zero-order valence-electron chi connectivity index (χ0n) is 16.3. The van der Waals surface area contributed by atoms with Crippen LogP contribution in [0.5, 0.6) is 5.75 Å². The van der Waals surface area contributed by atoms with Gasteiger partial charge in [-0.2, -0.15) is 0 Å². The van der Waals surface area contributed by atoms with Crippen molar-refractivity contribution in [2.45, 2.75) is 38.4 Å². The number of ether oxygens (including phenoxy) is 1. The topological polar surface area (TPSA) is 76.9 Å². The van der Waals surface area contributed by atoms with Gasteiger partial charge >= 0.3 is 0 Å². The van der Waals surface area contributed by atoms with E-state index in [1.807, 2.05) is 12.1 Å². The van der Waals surface area contributed by atoms with Crippen molar-refractivity contribution in [3.05, 3.63) is 65.5 Å². The summed E-state index contributed by atoms with van der Waals surface area (Å²) >= 11 is 0. The first-order chi connectivity index (χ1) is 13.7. The molecule has 0 bridgehead atoms. The number of nitrogens with zero attached hydrogens (tertiary/aromatic N) is 4. The van der Waals surface area contributed by atoms with Gasteiger partial charge < -0.3 is 15.4 Å². The second-order valence-corrected chi connectivity index (χ2v) is 7.22. The Bertz CT molecular complexity index is 894. The summed E-state index contributed by atoms with van der Waals surface area (Å²) in [5.74, 6) is 0.861. The lowest BCUT2D eigenvalue weighted by atomic mass is 9.91. The summed E-state index contributed by atoms with van der Waals surface area (Å²) in [7, 11) is 1.70. The lowest BCUT2D eigenvalue weighted by molar-refractivity contribution is 0.303. The number of aromatic nitrogens is 4. The molecule has 2 aromatic carbocycles. The standard InChI is InChI=1S/C21H26N6O/c1-15-5-7-16(8-6-15)21-19(4-3-11-22-21)23-13-17-12-18(9-10-20(17)28-2)27-14-24-25-26-27/h5-10,12,14,19,21-23H,3-4,11,13H2,1-2H3. The minimum Gasteiger partial charge on any atom is -0.496 e. The Balaban J connectivity index is 1.52. The fourth-order valence-electron chi connectivity index (χ4n) is 3.80. The quantitative estimate of drug-likeness (QED) is 0.687. The second-order valence-electron chi connectivity index (χ2n) is 7.22. The molecule has 3 aromatic rings. The van der Waals surface area contributed by atoms with Crippen LogP contribution in [0.2, 0.25) is 0 Å². The molecule has 7 nitrogen and oxygen atoms in total. The van der Waals surface area contributed by atoms with Crippen molar-refractivity contribution in [2.24, 2.45) is 0 Å². The molecule has 4 rings (SSSR count). The highest BCUT2D eigenvalue weighted by Gasteiger charge is 2.26. The van der Waals surface area contributed by atoms with Gasteiger partial charge in [0.1, 0.15) is 12.1 Å². The van der Waals surface area contributed by atoms with Crippen LogP contribution in [0.3, 0.4) is 0 Å². The van der Waals surface area contributed by atoms with Crippen molar-refractivity contribution in [3.63, 3.8) is 0 Å². The van der Waals surface area contributed by atoms with Crippen LogP contribution in [-0.2, 0) is 6.54 Å². The lowest BCUT2D eigenvalue weighted by Gasteiger charge is -2.34. The maximum atomic E-state index is 5.57. The highest BCUT2D eigenvalue weighted by atomic mass is 16.5. The average molecular weight is 378 g/mol. The van der Waals surface area contributed by atoms with Crippen LogP contribution in [0.15, 0.2) is 48.8 Å². The maximum absolute atomic E-state index is 5.57. The van der Waals surface area contributed by atoms with Gasteiger partial charge in [-0.3, -0.25) is 0 Å². The SMILES string of the molecule is COc1ccc(-n2cnnn2)cc1CNC1CCCNC1c1ccc(C)cc1. The van der Waals surface area contributed by atoms with E-state index in [0.717, 1.165) is 30.0 Å². The van der Waals surface area contributed by atoms with Gasteiger partial charge in [-0.05, 0) is 60.5 Å². The predicted octanol–water partition coefficient (Wildman–Crippen LogP) is 2.56. The third-order valence-corrected chi connectivity index (χ3v) is 5.33. The minimum absolute atomic E-state index is 0.308. The Hall–Kier alpha value is -2.77. The molecule has 2 unspecified atom stereocenters. The Morgan fingerprint density at radius 2 is 2.07 bits per heavy atom. The van der Waals surface area contributed by atoms with Gasteiger partial charge in [0.15, 0.2) is 0 Å². The molecule has 1 fully saturated rings. The molecule has 1 aliphatic heterocycles. The van der Waals surface area contributed by atoms with Crippen LogP contribution in [0.1, 0.15) is 35.6 Å². The third kappa shape index (κ3) is 4.05. The normalized spacial score (nSPS) is 19.5. The summed E-state index contributed by atoms with van der Waals surface area (Å²) in [6.07, 6.45) is 3.90. The van der Waals surface area contributed by atoms with E-state index in [9.17, 15) is 0 Å². The number of rotatable bonds is 6. The first-order valence-electron chi connectivity index (χ1n) is 9.68. The Morgan fingerprint density at radius 1 is 1.21 bits per heavy atom. The summed E-state index contributed by atoms with van der Waals surface area (Å²) in [6.45, 7) is 3.89. The second kappa shape index (κ2) is 8.50. The molecule has 0 spiro atoms. The molecule has 0 radical (unpaired) electrons. The number of aryl methyl sites for hydroxylation is 1. The van der Waals surface area contributed by atoms with E-state index in [2.05, 4.69) is 63.4 Å². The van der Waals surface area contributed by atoms with Crippen molar-refractivity contribution in [1.29, 1.82) is 0 Å². The molecule has 0 saturated carbocycles. The van der Waals surface area contributed by atoms with Gasteiger partial charge in [0.25, 0.3) is 0 Å². The van der Waals surface area contributed by atoms with Crippen LogP contribution in [0, 0.1) is 6.92 Å². The van der Waals surface area contributed by atoms with Gasteiger partial charge in [0.05, 0.1) is 12.8 Å². The fourth-order valence-corrected chi connectivity index (χ4v) is 3.80. The number of tetrazole rings is 1. The Labute approximate surface area is 165 Å². The van der Waals surface area contributed by atoms with Crippen LogP contribution < -0.4 is 15.4 Å². The molecule has 0 aliphatic carbocycles. The number of methoxy groups -OCH3 is 1. The number of piperidine rings is 1. The monoisotopic (exact) mass is 378 g/mol. The first-order valence-corrected chi connectivity index (χ1v) is 9.68. The van der Waals surface area contributed by atoms with Gasteiger partial charge in [-0.1, -0.05) is 29.8 Å². The zero-order chi connectivity index (χ0) is 19.3. The number of hydrogen-bond donors (Lipinski definition) is 2. The molecular formula is C21H26N6O. The van der Waals surface area contributed by atoms with E-state index < -0.39 is 0 Å². The van der Waals surface area contributed by atoms with Crippen LogP contribution >= 0.6 is 0 Å². The molecule has 1 aromatic heterocycles. The minimum atomic E-state index is 0.308. The predicted molar refractivity (Wildman–Crippen MR) is 107 cm³/mol. The summed E-state index contributed by atoms with van der Waals surface area (Å²) in [5.41, 5.74) is 4.62. The maximum Gasteiger partial charge on any atom is 0.143 e. The molecule has 1 saturated heterocycles. The van der Waals surface area contributed by atoms with Crippen LogP contribution in [0.25, 0.3) is 5.69 Å². The highest BCUT2D eigenvalue weighted by molar-refractivity contribution is 5.43. The summed E-state index contributed by atoms with van der Waals surface area (Å²) in [4.78, 5) is 0. The van der Waals surface area contributed by atoms with Gasteiger partial charge in [-0.15, -0.1) is 5.10 Å². The van der Waals surface area contributed by atoms with E-state index >= 15 is 0 Å². The summed E-state index contributed by atoms with van der Waals surface area (Å²) in [5, 5.41) is 18.8. The Morgan fingerprint density at radius 3 is 2.82 bits per heavy atom. The van der Waals surface area contributed by atoms with Crippen molar-refractivity contribution in [1.82, 2.24) is 30.8 Å². The van der Waals surface area contributed by atoms with Crippen molar-refractivity contribution in [3.8, 4) is 11.4 Å². The van der Waals surface area contributed by atoms with Gasteiger partial charge in [-0.25, -0.2) is 4.68 Å². The molecule has 2 atom stereocenters. The lowest BCUT2D eigenvalue weighted by Crippen LogP contribution is -2.45. The first kappa shape index (κ1) is 18.6. The smallest absolute Gasteiger partial charge is 0.143 e. The third-order valence-electron chi connectivity index (χ3n) is 5.33. The number of hydrogen-bond acceptors (Lipinski definition) is 6. The highest BCUT2D eigenvalue weighted by Crippen LogP contribution is 2.26. The van der Waals surface area contributed by atoms with Crippen LogP contribution in [0.4, 0.5) is 0 Å². The largest absolute Gasteiger partial charge is 0.496 e. The molecule has 0 amide bonds. The van der Waals surface area contributed by atoms with Gasteiger partial charge in [0.2, 0.25) is 0 Å². The molecule has 7 heteroatoms. The van der Waals surface area contributed by atoms with Crippen molar-refractivity contribution < 1.29 is 4.74 Å². The fraction of sp³-hybridized carbons (Fsp3) is 0.381. The average Bonchev–Trinajstić information content (AvgIpc) is 3.28. The Kier molecular flexibility index (Phi) is 5.64. The molecule has 2 heterocycles. The van der Waals surface area contributed by atoms with E-state index in [1.54, 1.807) is 18.1 Å². The summed E-state index contributed by atoms with van der Waals surface area (Å²) < 4.78 is 7.22. The van der Waals surface area contributed by atoms with Crippen LogP contribution in [-0.4, -0.2) is 39.9 Å². The number of benzene rings is 2. The van der Waals surface area contributed by atoms with E-state index in [0.29, 0.717) is 18.6 Å². The van der Waals surface area contributed by atoms with Gasteiger partial charge in [0, 0.05) is 24.2 Å². The van der Waals surface area contributed by atoms with E-state index in [4.69, 9.17) is 4.74 Å². The molecule has 28 heavy (non-hydrogen) atoms. The zero-order valence-corrected chi connectivity index (χ0v) is 16.3. The molecule has 146 valence electrons. The molecule has 1 aliphatic rings. The van der Waals surface area contributed by atoms with Crippen molar-refractivity contribution >= 4 is 0 Å². The van der Waals surface area contributed by atoms with E-state index in [1.165, 1.54) is 17.5 Å². The molecule has 2 N–H and O–H groups in total. The molecular weight excluding hydrogens is 352 g/mol. The summed E-state index contributed by atoms with van der Waals surface area (Å²) in [6, 6.07) is 15.5. The van der Waals surface area contributed by atoms with E-state index in [-0.39, 0.29) is 0 Å².